The maximum absolute atomic E-state index is 13.0. The average molecular weight is 671 g/mol. The average Bonchev–Trinajstić information content (AvgIpc) is 3.00. The SMILES string of the molecule is Nc1ccc2c(c1)C(=O)/C(=N/Nc1ccc(NC(=O)c3ccc(N/N=C4/C=CC(=O)C(C(=O)[O-])=C4)cc3)cc1)C(S(=O)(=O)[O-])=C2.[Na+].[Na+]. The quantitative estimate of drug-likeness (QED) is 0.0447. The number of hydrogen-bond donors (Lipinski definition) is 4. The summed E-state index contributed by atoms with van der Waals surface area (Å²) in [7, 11) is -5.04. The minimum absolute atomic E-state index is 0. The summed E-state index contributed by atoms with van der Waals surface area (Å²) in [6.07, 6.45) is 4.56. The number of nitrogens with zero attached hydrogens (tertiary/aromatic N) is 2. The van der Waals surface area contributed by atoms with Crippen molar-refractivity contribution >= 4 is 73.8 Å². The molecule has 0 atom stereocenters. The number of carbonyl (C=O) groups is 4. The van der Waals surface area contributed by atoms with Gasteiger partial charge in [-0.3, -0.25) is 25.2 Å². The summed E-state index contributed by atoms with van der Waals surface area (Å²) in [6, 6.07) is 16.5. The van der Waals surface area contributed by atoms with Crippen LogP contribution in [0.2, 0.25) is 0 Å². The second-order valence-corrected chi connectivity index (χ2v) is 10.9. The number of carboxylic acids is 1. The summed E-state index contributed by atoms with van der Waals surface area (Å²) < 4.78 is 35.6. The summed E-state index contributed by atoms with van der Waals surface area (Å²) in [6.45, 7) is 0. The molecule has 0 saturated carbocycles. The Morgan fingerprint density at radius 1 is 0.787 bits per heavy atom. The van der Waals surface area contributed by atoms with Crippen LogP contribution >= 0.6 is 0 Å². The zero-order chi connectivity index (χ0) is 32.3. The maximum atomic E-state index is 13.0. The molecule has 14 nitrogen and oxygen atoms in total. The van der Waals surface area contributed by atoms with E-state index in [0.717, 1.165) is 18.2 Å². The number of carboxylic acid groups (broad SMARTS) is 1. The van der Waals surface area contributed by atoms with Gasteiger partial charge in [-0.25, -0.2) is 8.42 Å². The summed E-state index contributed by atoms with van der Waals surface area (Å²) in [5, 5.41) is 21.6. The number of carbonyl (C=O) groups excluding carboxylic acids is 4. The predicted octanol–water partition coefficient (Wildman–Crippen LogP) is -4.34. The number of nitrogen functional groups attached to an aromatic ring is 1. The van der Waals surface area contributed by atoms with Gasteiger partial charge in [0.25, 0.3) is 5.91 Å². The van der Waals surface area contributed by atoms with Gasteiger partial charge in [-0.2, -0.15) is 10.2 Å². The third-order valence-electron chi connectivity index (χ3n) is 6.41. The first-order chi connectivity index (χ1) is 21.4. The molecule has 2 aliphatic rings. The van der Waals surface area contributed by atoms with Gasteiger partial charge in [0.05, 0.1) is 28.0 Å². The molecule has 3 aromatic carbocycles. The molecular formula is C30H20N6Na2O8S. The Morgan fingerprint density at radius 2 is 1.38 bits per heavy atom. The van der Waals surface area contributed by atoms with Crippen molar-refractivity contribution in [2.75, 3.05) is 21.9 Å². The van der Waals surface area contributed by atoms with Crippen molar-refractivity contribution in [1.29, 1.82) is 0 Å². The van der Waals surface area contributed by atoms with E-state index in [0.29, 0.717) is 22.6 Å². The summed E-state index contributed by atoms with van der Waals surface area (Å²) in [5.41, 5.74) is 12.2. The first-order valence-electron chi connectivity index (χ1n) is 12.9. The van der Waals surface area contributed by atoms with Gasteiger partial charge in [0.1, 0.15) is 15.8 Å². The summed E-state index contributed by atoms with van der Waals surface area (Å²) >= 11 is 0. The first-order valence-corrected chi connectivity index (χ1v) is 14.3. The number of nitrogens with two attached hydrogens (primary N) is 1. The molecule has 2 aliphatic carbocycles. The fourth-order valence-electron chi connectivity index (χ4n) is 4.17. The molecule has 3 aromatic rings. The van der Waals surface area contributed by atoms with Crippen LogP contribution in [0.4, 0.5) is 22.7 Å². The number of Topliss-reactive ketones (excluding diaryl/α,β-unsaturated/α-hetero) is 1. The Bertz CT molecular complexity index is 2040. The number of anilines is 4. The number of fused-ring (bicyclic) bond motifs is 1. The Labute approximate surface area is 311 Å². The number of allylic oxidation sites excluding steroid dienone is 4. The van der Waals surface area contributed by atoms with Crippen molar-refractivity contribution in [2.24, 2.45) is 10.2 Å². The zero-order valence-corrected chi connectivity index (χ0v) is 29.6. The number of hydrazone groups is 2. The van der Waals surface area contributed by atoms with E-state index in [9.17, 15) is 37.3 Å². The minimum Gasteiger partial charge on any atom is -0.744 e. The smallest absolute Gasteiger partial charge is 0.744 e. The second kappa shape index (κ2) is 15.6. The van der Waals surface area contributed by atoms with Crippen LogP contribution < -0.4 is 86.1 Å². The molecule has 0 aromatic heterocycles. The molecule has 0 saturated heterocycles. The number of rotatable bonds is 8. The third kappa shape index (κ3) is 9.00. The molecule has 226 valence electrons. The van der Waals surface area contributed by atoms with Crippen LogP contribution in [0.15, 0.2) is 106 Å². The van der Waals surface area contributed by atoms with Gasteiger partial charge < -0.3 is 25.5 Å². The van der Waals surface area contributed by atoms with Gasteiger partial charge >= 0.3 is 59.1 Å². The standard InChI is InChI=1S/C30H22N6O8S.2Na/c31-18-4-1-17-13-26(45(42,43)44)27(28(38)23(17)14-18)36-34-21-9-7-19(8-10-21)32-29(39)16-2-5-20(6-3-16)33-35-22-11-12-25(37)24(15-22)30(40)41;;/h1-15,33-34H,31H2,(H,32,39)(H,40,41)(H,42,43,44);;/q;2*+1/p-2/b35-22-,36-27+;;. The van der Waals surface area contributed by atoms with Gasteiger partial charge in [0.15, 0.2) is 5.78 Å². The second-order valence-electron chi connectivity index (χ2n) is 9.51. The number of amides is 1. The monoisotopic (exact) mass is 670 g/mol. The van der Waals surface area contributed by atoms with Crippen molar-refractivity contribution in [1.82, 2.24) is 0 Å². The summed E-state index contributed by atoms with van der Waals surface area (Å²) in [5.74, 6) is -3.53. The topological polar surface area (TPSA) is 235 Å². The van der Waals surface area contributed by atoms with Crippen molar-refractivity contribution in [3.05, 3.63) is 112 Å². The van der Waals surface area contributed by atoms with Gasteiger partial charge in [-0.05, 0) is 90.5 Å². The number of benzene rings is 3. The van der Waals surface area contributed by atoms with Crippen LogP contribution in [0.3, 0.4) is 0 Å². The predicted molar refractivity (Wildman–Crippen MR) is 163 cm³/mol. The Morgan fingerprint density at radius 3 is 2.00 bits per heavy atom. The summed E-state index contributed by atoms with van der Waals surface area (Å²) in [4.78, 5) is 47.5. The van der Waals surface area contributed by atoms with Crippen molar-refractivity contribution < 1.29 is 96.4 Å². The Hall–Kier alpha value is -4.19. The van der Waals surface area contributed by atoms with Gasteiger partial charge in [0, 0.05) is 28.1 Å². The van der Waals surface area contributed by atoms with E-state index in [2.05, 4.69) is 26.4 Å². The van der Waals surface area contributed by atoms with Crippen LogP contribution in [-0.2, 0) is 19.7 Å². The normalized spacial score (nSPS) is 15.4. The molecule has 47 heavy (non-hydrogen) atoms. The molecule has 0 unspecified atom stereocenters. The molecule has 0 aliphatic heterocycles. The fraction of sp³-hybridized carbons (Fsp3) is 0. The Balaban J connectivity index is 0.00000300. The molecule has 17 heteroatoms. The minimum atomic E-state index is -5.04. The molecule has 0 fully saturated rings. The number of aliphatic carboxylic acids is 1. The molecule has 0 spiro atoms. The first kappa shape index (κ1) is 37.3. The van der Waals surface area contributed by atoms with E-state index in [1.54, 1.807) is 12.1 Å². The molecule has 1 amide bonds. The van der Waals surface area contributed by atoms with Gasteiger partial charge in [-0.15, -0.1) is 0 Å². The van der Waals surface area contributed by atoms with E-state index in [4.69, 9.17) is 5.73 Å². The van der Waals surface area contributed by atoms with Gasteiger partial charge in [-0.1, -0.05) is 6.07 Å². The van der Waals surface area contributed by atoms with E-state index in [1.807, 2.05) is 0 Å². The molecule has 5 rings (SSSR count). The molecule has 5 N–H and O–H groups in total. The van der Waals surface area contributed by atoms with E-state index in [1.165, 1.54) is 60.7 Å². The molecule has 0 heterocycles. The van der Waals surface area contributed by atoms with Crippen LogP contribution in [0.1, 0.15) is 26.3 Å². The maximum Gasteiger partial charge on any atom is 1.00 e. The van der Waals surface area contributed by atoms with Gasteiger partial charge in [0.2, 0.25) is 5.78 Å². The van der Waals surface area contributed by atoms with Crippen molar-refractivity contribution in [2.45, 2.75) is 0 Å². The molecule has 0 bridgehead atoms. The Kier molecular flexibility index (Phi) is 12.4. The van der Waals surface area contributed by atoms with Crippen LogP contribution in [0.5, 0.6) is 0 Å². The molecule has 0 radical (unpaired) electrons. The van der Waals surface area contributed by atoms with Crippen LogP contribution in [0, 0.1) is 0 Å². The van der Waals surface area contributed by atoms with Crippen LogP contribution in [-0.4, -0.2) is 47.8 Å². The van der Waals surface area contributed by atoms with E-state index >= 15 is 0 Å². The number of ketones is 2. The van der Waals surface area contributed by atoms with E-state index < -0.39 is 49.8 Å². The van der Waals surface area contributed by atoms with Crippen molar-refractivity contribution in [3.8, 4) is 0 Å². The number of nitrogens with one attached hydrogen (secondary N) is 3. The third-order valence-corrected chi connectivity index (χ3v) is 7.26. The van der Waals surface area contributed by atoms with E-state index in [-0.39, 0.29) is 81.6 Å². The zero-order valence-electron chi connectivity index (χ0n) is 24.8. The number of hydrogen-bond acceptors (Lipinski definition) is 13. The fourth-order valence-corrected chi connectivity index (χ4v) is 4.81. The molecular weight excluding hydrogens is 650 g/mol. The van der Waals surface area contributed by atoms with Crippen molar-refractivity contribution in [3.63, 3.8) is 0 Å². The largest absolute Gasteiger partial charge is 1.00 e. The van der Waals surface area contributed by atoms with Crippen LogP contribution in [0.25, 0.3) is 6.08 Å².